The second kappa shape index (κ2) is 10.4. The molecule has 0 radical (unpaired) electrons. The highest BCUT2D eigenvalue weighted by Gasteiger charge is 2.18. The van der Waals surface area contributed by atoms with Gasteiger partial charge in [0.2, 0.25) is 5.75 Å². The number of unbranched alkanes of at least 4 members (excludes halogenated alkanes) is 3. The Hall–Kier alpha value is -2.70. The number of fused-ring (bicyclic) bond motifs is 1. The van der Waals surface area contributed by atoms with Crippen LogP contribution in [0.25, 0.3) is 11.0 Å². The van der Waals surface area contributed by atoms with Crippen LogP contribution in [-0.4, -0.2) is 30.9 Å². The third kappa shape index (κ3) is 5.91. The number of hydrogen-bond donors (Lipinski definition) is 1. The van der Waals surface area contributed by atoms with E-state index in [1.807, 2.05) is 0 Å². The lowest BCUT2D eigenvalue weighted by Gasteiger charge is -2.11. The van der Waals surface area contributed by atoms with Gasteiger partial charge in [0.1, 0.15) is 0 Å². The number of carbonyl (C=O) groups excluding carboxylic acids is 1. The van der Waals surface area contributed by atoms with Gasteiger partial charge in [0, 0.05) is 13.3 Å². The van der Waals surface area contributed by atoms with Gasteiger partial charge in [0.25, 0.3) is 0 Å². The lowest BCUT2D eigenvalue weighted by molar-refractivity contribution is -0.141. The summed E-state index contributed by atoms with van der Waals surface area (Å²) >= 11 is 0. The van der Waals surface area contributed by atoms with Crippen LogP contribution in [0.1, 0.15) is 46.0 Å². The van der Waals surface area contributed by atoms with Crippen LogP contribution in [0.5, 0.6) is 17.2 Å². The van der Waals surface area contributed by atoms with Crippen molar-refractivity contribution in [2.24, 2.45) is 0 Å². The Morgan fingerprint density at radius 3 is 2.59 bits per heavy atom. The molecule has 0 unspecified atom stereocenters. The van der Waals surface area contributed by atoms with Crippen molar-refractivity contribution in [3.63, 3.8) is 0 Å². The molecule has 0 aliphatic heterocycles. The van der Waals surface area contributed by atoms with Gasteiger partial charge in [-0.2, -0.15) is 0 Å². The second-order valence-corrected chi connectivity index (χ2v) is 6.15. The molecule has 1 aromatic heterocycles. The van der Waals surface area contributed by atoms with Gasteiger partial charge in [-0.25, -0.2) is 4.79 Å². The molecule has 27 heavy (non-hydrogen) atoms. The average Bonchev–Trinajstić information content (AvgIpc) is 2.64. The third-order valence-electron chi connectivity index (χ3n) is 3.93. The summed E-state index contributed by atoms with van der Waals surface area (Å²) in [6.07, 6.45) is 4.50. The number of hydrogen-bond acceptors (Lipinski definition) is 7. The van der Waals surface area contributed by atoms with Gasteiger partial charge >= 0.3 is 11.6 Å². The number of carbonyl (C=O) groups is 1. The number of aromatic hydroxyl groups is 1. The molecule has 0 atom stereocenters. The Bertz CT molecular complexity index is 810. The Morgan fingerprint density at radius 2 is 1.85 bits per heavy atom. The maximum absolute atomic E-state index is 12.2. The fourth-order valence-corrected chi connectivity index (χ4v) is 2.57. The molecule has 2 aromatic rings. The minimum atomic E-state index is -0.744. The Balaban J connectivity index is 2.09. The van der Waals surface area contributed by atoms with Crippen LogP contribution in [0.4, 0.5) is 0 Å². The van der Waals surface area contributed by atoms with Crippen molar-refractivity contribution in [3.05, 3.63) is 28.6 Å². The number of benzene rings is 1. The molecule has 0 aliphatic rings. The quantitative estimate of drug-likeness (QED) is 0.361. The highest BCUT2D eigenvalue weighted by Crippen LogP contribution is 2.35. The lowest BCUT2D eigenvalue weighted by Crippen LogP contribution is -2.09. The zero-order valence-electron chi connectivity index (χ0n) is 15.8. The van der Waals surface area contributed by atoms with E-state index in [0.29, 0.717) is 24.2 Å². The molecule has 1 aromatic carbocycles. The van der Waals surface area contributed by atoms with Crippen LogP contribution in [0.15, 0.2) is 27.4 Å². The molecular formula is C20H26O7. The largest absolute Gasteiger partial charge is 0.504 e. The SMILES string of the molecule is CCCCCCOc1c(O)c2cccc(OCCCOC(C)=O)c2oc1=O. The van der Waals surface area contributed by atoms with Crippen molar-refractivity contribution in [2.45, 2.75) is 46.0 Å². The van der Waals surface area contributed by atoms with Gasteiger partial charge in [-0.05, 0) is 18.6 Å². The molecule has 0 aliphatic carbocycles. The molecule has 0 saturated heterocycles. The number of ether oxygens (including phenoxy) is 3. The molecule has 0 bridgehead atoms. The van der Waals surface area contributed by atoms with Crippen molar-refractivity contribution in [1.29, 1.82) is 0 Å². The summed E-state index contributed by atoms with van der Waals surface area (Å²) < 4.78 is 21.2. The van der Waals surface area contributed by atoms with E-state index >= 15 is 0 Å². The van der Waals surface area contributed by atoms with Gasteiger partial charge in [-0.3, -0.25) is 4.79 Å². The van der Waals surface area contributed by atoms with E-state index in [2.05, 4.69) is 6.92 Å². The first kappa shape index (κ1) is 20.6. The average molecular weight is 378 g/mol. The molecule has 0 saturated carbocycles. The monoisotopic (exact) mass is 378 g/mol. The highest BCUT2D eigenvalue weighted by molar-refractivity contribution is 5.89. The van der Waals surface area contributed by atoms with Crippen molar-refractivity contribution in [2.75, 3.05) is 19.8 Å². The summed E-state index contributed by atoms with van der Waals surface area (Å²) in [5.74, 6) is -0.441. The van der Waals surface area contributed by atoms with Crippen LogP contribution in [-0.2, 0) is 9.53 Å². The maximum atomic E-state index is 12.2. The van der Waals surface area contributed by atoms with Crippen LogP contribution in [0.3, 0.4) is 0 Å². The van der Waals surface area contributed by atoms with Gasteiger partial charge in [0.05, 0.1) is 25.2 Å². The van der Waals surface area contributed by atoms with Crippen LogP contribution < -0.4 is 15.1 Å². The van der Waals surface area contributed by atoms with E-state index in [4.69, 9.17) is 18.6 Å². The molecule has 0 amide bonds. The van der Waals surface area contributed by atoms with Gasteiger partial charge in [0.15, 0.2) is 17.1 Å². The smallest absolute Gasteiger partial charge is 0.383 e. The first-order valence-corrected chi connectivity index (χ1v) is 9.22. The van der Waals surface area contributed by atoms with Crippen molar-refractivity contribution in [3.8, 4) is 17.2 Å². The summed E-state index contributed by atoms with van der Waals surface area (Å²) in [7, 11) is 0. The van der Waals surface area contributed by atoms with Crippen molar-refractivity contribution in [1.82, 2.24) is 0 Å². The van der Waals surface area contributed by atoms with Gasteiger partial charge in [-0.1, -0.05) is 32.3 Å². The Kier molecular flexibility index (Phi) is 7.98. The third-order valence-corrected chi connectivity index (χ3v) is 3.93. The van der Waals surface area contributed by atoms with Crippen molar-refractivity contribution >= 4 is 16.9 Å². The first-order valence-electron chi connectivity index (χ1n) is 9.22. The molecule has 148 valence electrons. The summed E-state index contributed by atoms with van der Waals surface area (Å²) in [4.78, 5) is 22.9. The topological polar surface area (TPSA) is 95.2 Å². The highest BCUT2D eigenvalue weighted by atomic mass is 16.5. The predicted octanol–water partition coefficient (Wildman–Crippen LogP) is 3.79. The van der Waals surface area contributed by atoms with Crippen LogP contribution >= 0.6 is 0 Å². The molecule has 1 N–H and O–H groups in total. The second-order valence-electron chi connectivity index (χ2n) is 6.15. The maximum Gasteiger partial charge on any atom is 0.383 e. The molecular weight excluding hydrogens is 352 g/mol. The summed E-state index contributed by atoms with van der Waals surface area (Å²) in [6.45, 7) is 4.31. The van der Waals surface area contributed by atoms with Gasteiger partial charge in [-0.15, -0.1) is 0 Å². The fourth-order valence-electron chi connectivity index (χ4n) is 2.57. The van der Waals surface area contributed by atoms with E-state index in [1.165, 1.54) is 6.92 Å². The summed E-state index contributed by atoms with van der Waals surface area (Å²) in [5.41, 5.74) is -0.586. The molecule has 2 rings (SSSR count). The van der Waals surface area contributed by atoms with E-state index in [-0.39, 0.29) is 36.3 Å². The Labute approximate surface area is 157 Å². The Morgan fingerprint density at radius 1 is 1.07 bits per heavy atom. The van der Waals surface area contributed by atoms with Crippen molar-refractivity contribution < 1.29 is 28.5 Å². The van der Waals surface area contributed by atoms with Crippen LogP contribution in [0.2, 0.25) is 0 Å². The molecule has 7 heteroatoms. The summed E-state index contributed by atoms with van der Waals surface area (Å²) in [5, 5.41) is 10.8. The molecule has 0 spiro atoms. The van der Waals surface area contributed by atoms with E-state index in [1.54, 1.807) is 18.2 Å². The molecule has 0 fully saturated rings. The number of esters is 1. The first-order chi connectivity index (χ1) is 13.0. The van der Waals surface area contributed by atoms with E-state index in [0.717, 1.165) is 25.7 Å². The van der Waals surface area contributed by atoms with Crippen LogP contribution in [0, 0.1) is 0 Å². The summed E-state index contributed by atoms with van der Waals surface area (Å²) in [6, 6.07) is 4.96. The molecule has 7 nitrogen and oxygen atoms in total. The predicted molar refractivity (Wildman–Crippen MR) is 101 cm³/mol. The van der Waals surface area contributed by atoms with E-state index < -0.39 is 5.63 Å². The van der Waals surface area contributed by atoms with Gasteiger partial charge < -0.3 is 23.7 Å². The number of para-hydroxylation sites is 1. The zero-order valence-corrected chi connectivity index (χ0v) is 15.8. The minimum Gasteiger partial charge on any atom is -0.504 e. The normalized spacial score (nSPS) is 10.7. The zero-order chi connectivity index (χ0) is 19.6. The number of rotatable bonds is 11. The fraction of sp³-hybridized carbons (Fsp3) is 0.500. The minimum absolute atomic E-state index is 0.158. The van der Waals surface area contributed by atoms with E-state index in [9.17, 15) is 14.7 Å². The lowest BCUT2D eigenvalue weighted by atomic mass is 10.2. The molecule has 1 heterocycles. The standard InChI is InChI=1S/C20H26O7/c1-3-4-5-6-11-26-19-17(22)15-9-7-10-16(18(15)27-20(19)23)25-13-8-12-24-14(2)21/h7,9-10,22H,3-6,8,11-13H2,1-2H3.